The molecule has 3 heteroatoms. The predicted molar refractivity (Wildman–Crippen MR) is 48.9 cm³/mol. The van der Waals surface area contributed by atoms with Crippen molar-refractivity contribution in [2.24, 2.45) is 5.92 Å². The Labute approximate surface area is 81.4 Å². The van der Waals surface area contributed by atoms with E-state index in [4.69, 9.17) is 0 Å². The first-order chi connectivity index (χ1) is 6.59. The smallest absolute Gasteiger partial charge is 0.126 e. The van der Waals surface area contributed by atoms with E-state index >= 15 is 0 Å². The average molecular weight is 198 g/mol. The van der Waals surface area contributed by atoms with Crippen LogP contribution in [0.4, 0.5) is 8.78 Å². The summed E-state index contributed by atoms with van der Waals surface area (Å²) >= 11 is 0. The van der Waals surface area contributed by atoms with Crippen LogP contribution in [0.5, 0.6) is 0 Å². The molecule has 3 atom stereocenters. The standard InChI is InChI=1S/C11H12F2O/c1-6(14)8-5-9(8)10-4-7(12)2-3-11(10)13/h2-4,6,8-9,14H,5H2,1H3/t6-,8-,9-/m0/s1. The summed E-state index contributed by atoms with van der Waals surface area (Å²) in [5.74, 6) is -0.714. The van der Waals surface area contributed by atoms with Gasteiger partial charge in [0.1, 0.15) is 11.6 Å². The SMILES string of the molecule is C[C@H](O)[C@@H]1C[C@@H]1c1cc(F)ccc1F. The molecule has 0 radical (unpaired) electrons. The van der Waals surface area contributed by atoms with Crippen molar-refractivity contribution in [3.05, 3.63) is 35.4 Å². The monoisotopic (exact) mass is 198 g/mol. The molecule has 1 N–H and O–H groups in total. The van der Waals surface area contributed by atoms with Gasteiger partial charge in [-0.05, 0) is 48.9 Å². The highest BCUT2D eigenvalue weighted by molar-refractivity contribution is 5.28. The van der Waals surface area contributed by atoms with E-state index in [0.29, 0.717) is 5.56 Å². The van der Waals surface area contributed by atoms with Crippen LogP contribution in [0.1, 0.15) is 24.8 Å². The van der Waals surface area contributed by atoms with E-state index in [9.17, 15) is 13.9 Å². The summed E-state index contributed by atoms with van der Waals surface area (Å²) in [5.41, 5.74) is 0.399. The molecule has 0 spiro atoms. The third-order valence-corrected chi connectivity index (χ3v) is 2.82. The Balaban J connectivity index is 2.22. The lowest BCUT2D eigenvalue weighted by Crippen LogP contribution is -2.04. The highest BCUT2D eigenvalue weighted by Crippen LogP contribution is 2.50. The molecule has 2 rings (SSSR count). The highest BCUT2D eigenvalue weighted by Gasteiger charge is 2.42. The van der Waals surface area contributed by atoms with E-state index < -0.39 is 11.9 Å². The molecule has 0 saturated heterocycles. The maximum absolute atomic E-state index is 13.2. The molecule has 1 saturated carbocycles. The number of benzene rings is 1. The van der Waals surface area contributed by atoms with Crippen LogP contribution in [-0.4, -0.2) is 11.2 Å². The van der Waals surface area contributed by atoms with Gasteiger partial charge in [0.05, 0.1) is 6.10 Å². The van der Waals surface area contributed by atoms with Gasteiger partial charge in [-0.1, -0.05) is 0 Å². The third-order valence-electron chi connectivity index (χ3n) is 2.82. The van der Waals surface area contributed by atoms with Crippen molar-refractivity contribution in [2.75, 3.05) is 0 Å². The van der Waals surface area contributed by atoms with E-state index in [0.717, 1.165) is 18.6 Å². The fourth-order valence-electron chi connectivity index (χ4n) is 1.90. The molecule has 0 heterocycles. The second kappa shape index (κ2) is 3.31. The summed E-state index contributed by atoms with van der Waals surface area (Å²) in [6.45, 7) is 1.68. The molecule has 1 aromatic carbocycles. The minimum atomic E-state index is -0.442. The third kappa shape index (κ3) is 1.64. The van der Waals surface area contributed by atoms with Crippen molar-refractivity contribution in [3.63, 3.8) is 0 Å². The van der Waals surface area contributed by atoms with Crippen molar-refractivity contribution < 1.29 is 13.9 Å². The Kier molecular flexibility index (Phi) is 2.27. The largest absolute Gasteiger partial charge is 0.393 e. The molecule has 1 aliphatic rings. The van der Waals surface area contributed by atoms with Crippen LogP contribution in [0.15, 0.2) is 18.2 Å². The van der Waals surface area contributed by atoms with Crippen molar-refractivity contribution in [2.45, 2.75) is 25.4 Å². The predicted octanol–water partition coefficient (Wildman–Crippen LogP) is 2.45. The number of hydrogen-bond acceptors (Lipinski definition) is 1. The van der Waals surface area contributed by atoms with Gasteiger partial charge in [-0.3, -0.25) is 0 Å². The number of hydrogen-bond donors (Lipinski definition) is 1. The summed E-state index contributed by atoms with van der Waals surface area (Å²) in [7, 11) is 0. The first kappa shape index (κ1) is 9.59. The van der Waals surface area contributed by atoms with Gasteiger partial charge in [0.2, 0.25) is 0 Å². The fourth-order valence-corrected chi connectivity index (χ4v) is 1.90. The van der Waals surface area contributed by atoms with E-state index in [2.05, 4.69) is 0 Å². The normalized spacial score (nSPS) is 27.4. The first-order valence-corrected chi connectivity index (χ1v) is 4.72. The topological polar surface area (TPSA) is 20.2 Å². The van der Waals surface area contributed by atoms with Crippen LogP contribution in [0, 0.1) is 17.6 Å². The molecule has 14 heavy (non-hydrogen) atoms. The van der Waals surface area contributed by atoms with E-state index in [1.807, 2.05) is 0 Å². The van der Waals surface area contributed by atoms with Crippen molar-refractivity contribution in [3.8, 4) is 0 Å². The van der Waals surface area contributed by atoms with Gasteiger partial charge in [-0.15, -0.1) is 0 Å². The van der Waals surface area contributed by atoms with Gasteiger partial charge in [-0.25, -0.2) is 8.78 Å². The summed E-state index contributed by atoms with van der Waals surface area (Å²) < 4.78 is 26.1. The Morgan fingerprint density at radius 2 is 2.14 bits per heavy atom. The molecule has 0 bridgehead atoms. The average Bonchev–Trinajstić information content (AvgIpc) is 2.88. The lowest BCUT2D eigenvalue weighted by atomic mass is 10.1. The number of aliphatic hydroxyl groups excluding tert-OH is 1. The van der Waals surface area contributed by atoms with Gasteiger partial charge in [0, 0.05) is 0 Å². The van der Waals surface area contributed by atoms with E-state index in [1.165, 1.54) is 6.07 Å². The van der Waals surface area contributed by atoms with Crippen LogP contribution >= 0.6 is 0 Å². The Hall–Kier alpha value is -0.960. The summed E-state index contributed by atoms with van der Waals surface area (Å²) in [6, 6.07) is 3.48. The summed E-state index contributed by atoms with van der Waals surface area (Å²) in [4.78, 5) is 0. The van der Waals surface area contributed by atoms with Crippen LogP contribution in [-0.2, 0) is 0 Å². The molecular formula is C11H12F2O. The second-order valence-corrected chi connectivity index (χ2v) is 3.91. The molecule has 1 aromatic rings. The number of aliphatic hydroxyl groups is 1. The highest BCUT2D eigenvalue weighted by atomic mass is 19.1. The van der Waals surface area contributed by atoms with E-state index in [-0.39, 0.29) is 17.7 Å². The summed E-state index contributed by atoms with van der Waals surface area (Å²) in [6.07, 6.45) is 0.306. The van der Waals surface area contributed by atoms with Crippen molar-refractivity contribution in [1.29, 1.82) is 0 Å². The van der Waals surface area contributed by atoms with Gasteiger partial charge >= 0.3 is 0 Å². The lowest BCUT2D eigenvalue weighted by molar-refractivity contribution is 0.168. The Morgan fingerprint density at radius 3 is 2.71 bits per heavy atom. The van der Waals surface area contributed by atoms with Crippen LogP contribution in [0.3, 0.4) is 0 Å². The quantitative estimate of drug-likeness (QED) is 0.773. The molecule has 0 aromatic heterocycles. The molecular weight excluding hydrogens is 186 g/mol. The molecule has 1 aliphatic carbocycles. The zero-order chi connectivity index (χ0) is 10.3. The van der Waals surface area contributed by atoms with E-state index in [1.54, 1.807) is 6.92 Å². The van der Waals surface area contributed by atoms with Gasteiger partial charge in [0.15, 0.2) is 0 Å². The van der Waals surface area contributed by atoms with Gasteiger partial charge in [0.25, 0.3) is 0 Å². The van der Waals surface area contributed by atoms with Gasteiger partial charge < -0.3 is 5.11 Å². The van der Waals surface area contributed by atoms with Crippen molar-refractivity contribution in [1.82, 2.24) is 0 Å². The Bertz CT molecular complexity index is 349. The molecule has 76 valence electrons. The summed E-state index contributed by atoms with van der Waals surface area (Å²) in [5, 5.41) is 9.27. The maximum Gasteiger partial charge on any atom is 0.126 e. The number of rotatable bonds is 2. The molecule has 1 fully saturated rings. The zero-order valence-electron chi connectivity index (χ0n) is 7.87. The second-order valence-electron chi connectivity index (χ2n) is 3.91. The number of halogens is 2. The maximum atomic E-state index is 13.2. The molecule has 0 aliphatic heterocycles. The zero-order valence-corrected chi connectivity index (χ0v) is 7.87. The minimum absolute atomic E-state index is 0.00861. The van der Waals surface area contributed by atoms with Crippen molar-refractivity contribution >= 4 is 0 Å². The first-order valence-electron chi connectivity index (χ1n) is 4.72. The lowest BCUT2D eigenvalue weighted by Gasteiger charge is -2.04. The van der Waals surface area contributed by atoms with Crippen LogP contribution < -0.4 is 0 Å². The molecule has 1 nitrogen and oxygen atoms in total. The minimum Gasteiger partial charge on any atom is -0.393 e. The van der Waals surface area contributed by atoms with Crippen LogP contribution in [0.2, 0.25) is 0 Å². The van der Waals surface area contributed by atoms with Crippen LogP contribution in [0.25, 0.3) is 0 Å². The van der Waals surface area contributed by atoms with Gasteiger partial charge in [-0.2, -0.15) is 0 Å². The fraction of sp³-hybridized carbons (Fsp3) is 0.455. The Morgan fingerprint density at radius 1 is 1.43 bits per heavy atom. The molecule has 0 amide bonds. The molecule has 0 unspecified atom stereocenters.